The van der Waals surface area contributed by atoms with Gasteiger partial charge in [-0.25, -0.2) is 9.59 Å². The number of esters is 2. The fraction of sp³-hybridized carbons (Fsp3) is 0.0294. The molecule has 0 N–H and O–H groups in total. The summed E-state index contributed by atoms with van der Waals surface area (Å²) in [7, 11) is 2.81. The Hall–Kier alpha value is -9.78. The maximum Gasteiger partial charge on any atom is 0.338 e. The number of benzene rings is 12. The van der Waals surface area contributed by atoms with E-state index in [0.717, 1.165) is 88.0 Å². The average molecular weight is 959 g/mol. The van der Waals surface area contributed by atoms with Gasteiger partial charge in [-0.3, -0.25) is 0 Å². The Balaban J connectivity index is 1.18. The maximum absolute atomic E-state index is 13.6. The number of fused-ring (bicyclic) bond motifs is 4. The highest BCUT2D eigenvalue weighted by atomic mass is 16.5. The van der Waals surface area contributed by atoms with Crippen molar-refractivity contribution in [3.05, 3.63) is 254 Å². The minimum absolute atomic E-state index is 0.431. The van der Waals surface area contributed by atoms with Crippen molar-refractivity contribution in [2.75, 3.05) is 14.2 Å². The lowest BCUT2D eigenvalue weighted by Gasteiger charge is -2.23. The van der Waals surface area contributed by atoms with E-state index in [0.29, 0.717) is 44.9 Å². The molecule has 74 heavy (non-hydrogen) atoms. The first-order valence-corrected chi connectivity index (χ1v) is 24.4. The molecule has 0 aliphatic carbocycles. The second-order valence-corrected chi connectivity index (χ2v) is 18.1. The van der Waals surface area contributed by atoms with E-state index in [1.165, 1.54) is 14.2 Å². The van der Waals surface area contributed by atoms with Crippen LogP contribution in [-0.4, -0.2) is 26.2 Å². The lowest BCUT2D eigenvalue weighted by molar-refractivity contribution is 0.0594. The van der Waals surface area contributed by atoms with E-state index in [2.05, 4.69) is 97.1 Å². The van der Waals surface area contributed by atoms with Gasteiger partial charge in [0, 0.05) is 33.0 Å². The predicted octanol–water partition coefficient (Wildman–Crippen LogP) is 17.8. The molecule has 0 heterocycles. The third kappa shape index (κ3) is 8.24. The van der Waals surface area contributed by atoms with Gasteiger partial charge in [0.2, 0.25) is 0 Å². The normalized spacial score (nSPS) is 11.2. The molecular formula is C68H46O6. The van der Waals surface area contributed by atoms with Gasteiger partial charge in [-0.1, -0.05) is 206 Å². The number of hydrogen-bond donors (Lipinski definition) is 0. The number of hydrogen-bond acceptors (Lipinski definition) is 6. The smallest absolute Gasteiger partial charge is 0.338 e. The Kier molecular flexibility index (Phi) is 11.9. The van der Waals surface area contributed by atoms with Crippen molar-refractivity contribution in [1.82, 2.24) is 0 Å². The summed E-state index contributed by atoms with van der Waals surface area (Å²) in [6, 6.07) is 81.4. The van der Waals surface area contributed by atoms with E-state index in [1.807, 2.05) is 146 Å². The highest BCUT2D eigenvalue weighted by molar-refractivity contribution is 6.14. The van der Waals surface area contributed by atoms with Gasteiger partial charge >= 0.3 is 11.9 Å². The number of methoxy groups -OCH3 is 2. The third-order valence-electron chi connectivity index (χ3n) is 13.8. The average Bonchev–Trinajstić information content (AvgIpc) is 3.49. The largest absolute Gasteiger partial charge is 0.465 e. The molecule has 0 saturated heterocycles. The van der Waals surface area contributed by atoms with Gasteiger partial charge in [0.05, 0.1) is 25.3 Å². The molecule has 0 radical (unpaired) electrons. The highest BCUT2D eigenvalue weighted by Gasteiger charge is 2.27. The molecule has 0 aromatic heterocycles. The summed E-state index contributed by atoms with van der Waals surface area (Å²) in [4.78, 5) is 27.2. The first kappa shape index (κ1) is 45.4. The van der Waals surface area contributed by atoms with Crippen LogP contribution in [0.3, 0.4) is 0 Å². The fourth-order valence-corrected chi connectivity index (χ4v) is 10.3. The molecule has 0 amide bonds. The molecule has 0 atom stereocenters. The molecule has 0 aliphatic heterocycles. The quantitative estimate of drug-likeness (QED) is 0.120. The van der Waals surface area contributed by atoms with Crippen LogP contribution in [0.1, 0.15) is 20.7 Å². The molecule has 12 rings (SSSR count). The molecule has 6 nitrogen and oxygen atoms in total. The van der Waals surface area contributed by atoms with Crippen molar-refractivity contribution in [3.63, 3.8) is 0 Å². The zero-order chi connectivity index (χ0) is 50.1. The first-order chi connectivity index (χ1) is 36.4. The standard InChI is InChI=1S/C68H46O6/c1-71-67(69)59-41-57(45-23-11-5-12-24-45)65(55-29-17-15-27-53(55)59)73-61-37-33-49-39-47(43-19-7-3-8-20-43)31-35-51(49)63(61)64-52-36-32-48(44-21-9-4-10-22-44)40-50(52)34-38-62(64)74-66-56-30-18-16-28-54(56)60(68(70)72-2)42-58(66)46-25-13-6-14-26-46/h3-42H,1-2H3. The van der Waals surface area contributed by atoms with Crippen LogP contribution in [0.25, 0.3) is 98.7 Å². The highest BCUT2D eigenvalue weighted by Crippen LogP contribution is 2.52. The number of carbonyl (C=O) groups is 2. The van der Waals surface area contributed by atoms with Crippen LogP contribution in [0.2, 0.25) is 0 Å². The van der Waals surface area contributed by atoms with Crippen LogP contribution in [0.15, 0.2) is 243 Å². The maximum atomic E-state index is 13.6. The summed E-state index contributed by atoms with van der Waals surface area (Å²) in [5.41, 5.74) is 9.97. The molecule has 0 bridgehead atoms. The van der Waals surface area contributed by atoms with Crippen LogP contribution >= 0.6 is 0 Å². The van der Waals surface area contributed by atoms with Crippen molar-refractivity contribution in [3.8, 4) is 78.6 Å². The van der Waals surface area contributed by atoms with E-state index in [9.17, 15) is 9.59 Å². The van der Waals surface area contributed by atoms with Crippen molar-refractivity contribution < 1.29 is 28.5 Å². The molecule has 0 aliphatic rings. The minimum Gasteiger partial charge on any atom is -0.465 e. The number of ether oxygens (including phenoxy) is 4. The van der Waals surface area contributed by atoms with E-state index < -0.39 is 11.9 Å². The van der Waals surface area contributed by atoms with Gasteiger partial charge in [-0.15, -0.1) is 0 Å². The van der Waals surface area contributed by atoms with Crippen LogP contribution in [0, 0.1) is 0 Å². The Labute approximate surface area is 428 Å². The summed E-state index contributed by atoms with van der Waals surface area (Å²) in [5, 5.41) is 6.71. The van der Waals surface area contributed by atoms with Crippen molar-refractivity contribution >= 4 is 55.0 Å². The van der Waals surface area contributed by atoms with E-state index in [4.69, 9.17) is 18.9 Å². The first-order valence-electron chi connectivity index (χ1n) is 24.4. The van der Waals surface area contributed by atoms with Crippen LogP contribution < -0.4 is 9.47 Å². The Morgan fingerprint density at radius 3 is 1.00 bits per heavy atom. The zero-order valence-electron chi connectivity index (χ0n) is 40.5. The summed E-state index contributed by atoms with van der Waals surface area (Å²) in [6.07, 6.45) is 0. The van der Waals surface area contributed by atoms with Gasteiger partial charge in [0.15, 0.2) is 0 Å². The molecule has 0 saturated carbocycles. The second kappa shape index (κ2) is 19.4. The van der Waals surface area contributed by atoms with Gasteiger partial charge in [-0.05, 0) is 102 Å². The fourth-order valence-electron chi connectivity index (χ4n) is 10.3. The van der Waals surface area contributed by atoms with E-state index in [-0.39, 0.29) is 0 Å². The van der Waals surface area contributed by atoms with Crippen molar-refractivity contribution in [2.45, 2.75) is 0 Å². The van der Waals surface area contributed by atoms with Crippen molar-refractivity contribution in [2.24, 2.45) is 0 Å². The van der Waals surface area contributed by atoms with Gasteiger partial charge in [0.1, 0.15) is 23.0 Å². The molecule has 12 aromatic carbocycles. The third-order valence-corrected chi connectivity index (χ3v) is 13.8. The number of rotatable bonds is 11. The predicted molar refractivity (Wildman–Crippen MR) is 299 cm³/mol. The summed E-state index contributed by atoms with van der Waals surface area (Å²) < 4.78 is 25.9. The Morgan fingerprint density at radius 1 is 0.297 bits per heavy atom. The summed E-state index contributed by atoms with van der Waals surface area (Å²) in [6.45, 7) is 0. The Morgan fingerprint density at radius 2 is 0.635 bits per heavy atom. The minimum atomic E-state index is -0.444. The molecule has 12 aromatic rings. The van der Waals surface area contributed by atoms with Crippen molar-refractivity contribution in [1.29, 1.82) is 0 Å². The van der Waals surface area contributed by atoms with Gasteiger partial charge in [0.25, 0.3) is 0 Å². The SMILES string of the molecule is COC(=O)c1cc(-c2ccccc2)c(Oc2ccc3cc(-c4ccccc4)ccc3c2-c2c(Oc3c(-c4ccccc4)cc(C(=O)OC)c4ccccc34)ccc3cc(-c4ccccc4)ccc23)c2ccccc12. The van der Waals surface area contributed by atoms with Gasteiger partial charge < -0.3 is 18.9 Å². The van der Waals surface area contributed by atoms with Crippen LogP contribution in [0.4, 0.5) is 0 Å². The monoisotopic (exact) mass is 958 g/mol. The summed E-state index contributed by atoms with van der Waals surface area (Å²) in [5.74, 6) is 1.39. The molecular weight excluding hydrogens is 913 g/mol. The van der Waals surface area contributed by atoms with Crippen LogP contribution in [0.5, 0.6) is 23.0 Å². The number of carbonyl (C=O) groups excluding carboxylic acids is 2. The Bertz CT molecular complexity index is 3840. The molecule has 0 unspecified atom stereocenters. The zero-order valence-corrected chi connectivity index (χ0v) is 40.5. The van der Waals surface area contributed by atoms with E-state index in [1.54, 1.807) is 0 Å². The molecule has 0 spiro atoms. The van der Waals surface area contributed by atoms with Crippen LogP contribution in [-0.2, 0) is 9.47 Å². The lowest BCUT2D eigenvalue weighted by Crippen LogP contribution is -2.04. The lowest BCUT2D eigenvalue weighted by atomic mass is 9.89. The second-order valence-electron chi connectivity index (χ2n) is 18.1. The molecule has 6 heteroatoms. The topological polar surface area (TPSA) is 71.1 Å². The molecule has 0 fully saturated rings. The van der Waals surface area contributed by atoms with E-state index >= 15 is 0 Å². The van der Waals surface area contributed by atoms with Gasteiger partial charge in [-0.2, -0.15) is 0 Å². The summed E-state index contributed by atoms with van der Waals surface area (Å²) >= 11 is 0. The molecule has 354 valence electrons.